The third-order valence-electron chi connectivity index (χ3n) is 1.50. The van der Waals surface area contributed by atoms with Gasteiger partial charge in [-0.05, 0) is 12.8 Å². The maximum atomic E-state index is 9.09. The zero-order valence-electron chi connectivity index (χ0n) is 8.08. The maximum absolute atomic E-state index is 9.09. The van der Waals surface area contributed by atoms with Crippen LogP contribution in [0.2, 0.25) is 0 Å². The highest BCUT2D eigenvalue weighted by Crippen LogP contribution is 1.90. The van der Waals surface area contributed by atoms with Crippen molar-refractivity contribution in [3.05, 3.63) is 0 Å². The van der Waals surface area contributed by atoms with Gasteiger partial charge in [0, 0.05) is 6.61 Å². The van der Waals surface area contributed by atoms with Gasteiger partial charge in [-0.3, -0.25) is 0 Å². The number of hydrogen-bond acceptors (Lipinski definition) is 3. The quantitative estimate of drug-likeness (QED) is 0.565. The number of rotatable bonds is 8. The summed E-state index contributed by atoms with van der Waals surface area (Å²) in [5.41, 5.74) is 0. The Balaban J connectivity index is 2.90. The molecule has 0 saturated heterocycles. The molecule has 3 nitrogen and oxygen atoms in total. The lowest BCUT2D eigenvalue weighted by Crippen LogP contribution is -2.16. The van der Waals surface area contributed by atoms with Crippen LogP contribution in [0, 0.1) is 0 Å². The molecule has 0 aromatic carbocycles. The second kappa shape index (κ2) is 8.97. The minimum atomic E-state index is -0.323. The molecule has 1 unspecified atom stereocenters. The highest BCUT2D eigenvalue weighted by atomic mass is 16.5. The molecule has 0 aliphatic rings. The second-order valence-electron chi connectivity index (χ2n) is 2.75. The lowest BCUT2D eigenvalue weighted by Gasteiger charge is -2.08. The van der Waals surface area contributed by atoms with E-state index in [4.69, 9.17) is 14.6 Å². The van der Waals surface area contributed by atoms with Crippen LogP contribution in [0.1, 0.15) is 26.7 Å². The third-order valence-corrected chi connectivity index (χ3v) is 1.50. The molecule has 0 aliphatic heterocycles. The molecule has 1 N–H and O–H groups in total. The molecule has 0 spiro atoms. The fourth-order valence-electron chi connectivity index (χ4n) is 0.701. The van der Waals surface area contributed by atoms with Crippen LogP contribution < -0.4 is 0 Å². The fraction of sp³-hybridized carbons (Fsp3) is 1.00. The number of aliphatic hydroxyl groups excluding tert-OH is 1. The summed E-state index contributed by atoms with van der Waals surface area (Å²) in [6.07, 6.45) is 1.46. The topological polar surface area (TPSA) is 38.7 Å². The van der Waals surface area contributed by atoms with Crippen molar-refractivity contribution in [3.63, 3.8) is 0 Å². The van der Waals surface area contributed by atoms with Gasteiger partial charge in [-0.15, -0.1) is 0 Å². The Kier molecular flexibility index (Phi) is 8.88. The smallest absolute Gasteiger partial charge is 0.0771 e. The first-order valence-electron chi connectivity index (χ1n) is 4.64. The number of aliphatic hydroxyl groups is 1. The van der Waals surface area contributed by atoms with Gasteiger partial charge in [-0.25, -0.2) is 0 Å². The summed E-state index contributed by atoms with van der Waals surface area (Å²) in [5, 5.41) is 9.09. The molecule has 12 heavy (non-hydrogen) atoms. The Labute approximate surface area is 74.7 Å². The largest absolute Gasteiger partial charge is 0.391 e. The van der Waals surface area contributed by atoms with Crippen molar-refractivity contribution < 1.29 is 14.6 Å². The minimum absolute atomic E-state index is 0.323. The fourth-order valence-corrected chi connectivity index (χ4v) is 0.701. The summed E-state index contributed by atoms with van der Waals surface area (Å²) < 4.78 is 10.3. The molecule has 0 aliphatic carbocycles. The summed E-state index contributed by atoms with van der Waals surface area (Å²) in [6, 6.07) is 0. The van der Waals surface area contributed by atoms with E-state index in [1.54, 1.807) is 0 Å². The molecule has 74 valence electrons. The first-order valence-corrected chi connectivity index (χ1v) is 4.64. The van der Waals surface area contributed by atoms with E-state index in [1.165, 1.54) is 0 Å². The van der Waals surface area contributed by atoms with Gasteiger partial charge in [0.2, 0.25) is 0 Å². The Morgan fingerprint density at radius 1 is 1.08 bits per heavy atom. The van der Waals surface area contributed by atoms with Crippen molar-refractivity contribution in [1.82, 2.24) is 0 Å². The maximum Gasteiger partial charge on any atom is 0.0771 e. The molecular formula is C9H20O3. The second-order valence-corrected chi connectivity index (χ2v) is 2.75. The van der Waals surface area contributed by atoms with Crippen LogP contribution in [0.3, 0.4) is 0 Å². The van der Waals surface area contributed by atoms with Crippen LogP contribution in [0.4, 0.5) is 0 Å². The summed E-state index contributed by atoms with van der Waals surface area (Å²) in [4.78, 5) is 0. The van der Waals surface area contributed by atoms with Crippen LogP contribution in [-0.2, 0) is 9.47 Å². The molecule has 1 atom stereocenters. The van der Waals surface area contributed by atoms with Crippen molar-refractivity contribution in [2.75, 3.05) is 26.4 Å². The van der Waals surface area contributed by atoms with Gasteiger partial charge in [-0.1, -0.05) is 13.8 Å². The molecule has 0 fully saturated rings. The van der Waals surface area contributed by atoms with Gasteiger partial charge >= 0.3 is 0 Å². The Morgan fingerprint density at radius 2 is 1.75 bits per heavy atom. The van der Waals surface area contributed by atoms with Crippen molar-refractivity contribution >= 4 is 0 Å². The van der Waals surface area contributed by atoms with Crippen molar-refractivity contribution in [1.29, 1.82) is 0 Å². The van der Waals surface area contributed by atoms with Crippen LogP contribution in [-0.4, -0.2) is 37.6 Å². The molecule has 0 bridgehead atoms. The predicted molar refractivity (Wildman–Crippen MR) is 48.2 cm³/mol. The van der Waals surface area contributed by atoms with E-state index < -0.39 is 0 Å². The van der Waals surface area contributed by atoms with E-state index in [1.807, 2.05) is 6.92 Å². The average Bonchev–Trinajstić information content (AvgIpc) is 2.10. The monoisotopic (exact) mass is 176 g/mol. The van der Waals surface area contributed by atoms with Crippen LogP contribution in [0.15, 0.2) is 0 Å². The first-order chi connectivity index (χ1) is 5.81. The summed E-state index contributed by atoms with van der Waals surface area (Å²) >= 11 is 0. The molecule has 0 heterocycles. The van der Waals surface area contributed by atoms with Gasteiger partial charge in [-0.2, -0.15) is 0 Å². The molecule has 0 radical (unpaired) electrons. The van der Waals surface area contributed by atoms with Crippen LogP contribution in [0.5, 0.6) is 0 Å². The Bertz CT molecular complexity index is 85.8. The van der Waals surface area contributed by atoms with Crippen molar-refractivity contribution in [3.8, 4) is 0 Å². The number of hydrogen-bond donors (Lipinski definition) is 1. The molecular weight excluding hydrogens is 156 g/mol. The molecule has 0 aromatic heterocycles. The molecule has 3 heteroatoms. The van der Waals surface area contributed by atoms with E-state index in [-0.39, 0.29) is 6.10 Å². The van der Waals surface area contributed by atoms with E-state index in [2.05, 4.69) is 6.92 Å². The summed E-state index contributed by atoms with van der Waals surface area (Å²) in [7, 11) is 0. The molecule has 0 aromatic rings. The standard InChI is InChI=1S/C9H20O3/c1-3-5-11-6-7-12-8-9(10)4-2/h9-10H,3-8H2,1-2H3. The summed E-state index contributed by atoms with van der Waals surface area (Å²) in [5.74, 6) is 0. The lowest BCUT2D eigenvalue weighted by molar-refractivity contribution is 0.00307. The number of ether oxygens (including phenoxy) is 2. The van der Waals surface area contributed by atoms with Crippen LogP contribution >= 0.6 is 0 Å². The van der Waals surface area contributed by atoms with Gasteiger partial charge in [0.25, 0.3) is 0 Å². The zero-order chi connectivity index (χ0) is 9.23. The molecule has 0 saturated carbocycles. The normalized spacial score (nSPS) is 13.2. The Morgan fingerprint density at radius 3 is 2.33 bits per heavy atom. The highest BCUT2D eigenvalue weighted by molar-refractivity contribution is 4.47. The minimum Gasteiger partial charge on any atom is -0.391 e. The molecule has 0 amide bonds. The predicted octanol–water partition coefficient (Wildman–Crippen LogP) is 1.20. The van der Waals surface area contributed by atoms with E-state index in [9.17, 15) is 0 Å². The third kappa shape index (κ3) is 7.98. The van der Waals surface area contributed by atoms with Crippen LogP contribution in [0.25, 0.3) is 0 Å². The highest BCUT2D eigenvalue weighted by Gasteiger charge is 1.98. The van der Waals surface area contributed by atoms with Gasteiger partial charge < -0.3 is 14.6 Å². The van der Waals surface area contributed by atoms with E-state index in [0.29, 0.717) is 19.8 Å². The zero-order valence-corrected chi connectivity index (χ0v) is 8.08. The lowest BCUT2D eigenvalue weighted by atomic mass is 10.3. The first kappa shape index (κ1) is 11.9. The summed E-state index contributed by atoms with van der Waals surface area (Å²) in [6.45, 7) is 6.43. The van der Waals surface area contributed by atoms with Crippen molar-refractivity contribution in [2.45, 2.75) is 32.8 Å². The van der Waals surface area contributed by atoms with Gasteiger partial charge in [0.05, 0.1) is 25.9 Å². The van der Waals surface area contributed by atoms with Gasteiger partial charge in [0.1, 0.15) is 0 Å². The molecule has 0 rings (SSSR count). The SMILES string of the molecule is CCCOCCOCC(O)CC. The van der Waals surface area contributed by atoms with Gasteiger partial charge in [0.15, 0.2) is 0 Å². The van der Waals surface area contributed by atoms with E-state index >= 15 is 0 Å². The average molecular weight is 176 g/mol. The Hall–Kier alpha value is -0.120. The van der Waals surface area contributed by atoms with Crippen molar-refractivity contribution in [2.24, 2.45) is 0 Å². The van der Waals surface area contributed by atoms with E-state index in [0.717, 1.165) is 19.4 Å².